The molecule has 0 spiro atoms. The molecule has 1 aliphatic rings. The number of nitrogens with zero attached hydrogens (tertiary/aromatic N) is 1. The van der Waals surface area contributed by atoms with Crippen LogP contribution in [0, 0.1) is 12.8 Å². The summed E-state index contributed by atoms with van der Waals surface area (Å²) in [6, 6.07) is 0. The van der Waals surface area contributed by atoms with Gasteiger partial charge < -0.3 is 5.32 Å². The lowest BCUT2D eigenvalue weighted by Gasteiger charge is -2.34. The molecule has 3 heteroatoms. The van der Waals surface area contributed by atoms with Crippen LogP contribution in [0.15, 0.2) is 0 Å². The number of aryl methyl sites for hydroxylation is 2. The first-order chi connectivity index (χ1) is 8.67. The Balaban J connectivity index is 2.39. The van der Waals surface area contributed by atoms with Gasteiger partial charge in [0.05, 0.1) is 11.2 Å². The molecule has 102 valence electrons. The van der Waals surface area contributed by atoms with E-state index in [1.54, 1.807) is 0 Å². The van der Waals surface area contributed by atoms with Gasteiger partial charge in [0, 0.05) is 4.88 Å². The Hall–Kier alpha value is -0.410. The summed E-state index contributed by atoms with van der Waals surface area (Å²) >= 11 is 1.92. The van der Waals surface area contributed by atoms with E-state index in [1.807, 2.05) is 11.3 Å². The van der Waals surface area contributed by atoms with Crippen molar-refractivity contribution in [2.45, 2.75) is 65.3 Å². The van der Waals surface area contributed by atoms with Gasteiger partial charge in [0.25, 0.3) is 0 Å². The summed E-state index contributed by atoms with van der Waals surface area (Å²) in [6.45, 7) is 10.0. The first-order valence-electron chi connectivity index (χ1n) is 7.39. The quantitative estimate of drug-likeness (QED) is 0.870. The monoisotopic (exact) mass is 266 g/mol. The molecule has 1 saturated carbocycles. The van der Waals surface area contributed by atoms with E-state index in [-0.39, 0.29) is 5.54 Å². The second-order valence-electron chi connectivity index (χ2n) is 5.37. The van der Waals surface area contributed by atoms with Gasteiger partial charge in [0.1, 0.15) is 5.01 Å². The van der Waals surface area contributed by atoms with Crippen molar-refractivity contribution in [3.63, 3.8) is 0 Å². The van der Waals surface area contributed by atoms with Crippen molar-refractivity contribution in [3.05, 3.63) is 15.6 Å². The maximum Gasteiger partial charge on any atom is 0.114 e. The predicted molar refractivity (Wildman–Crippen MR) is 79.2 cm³/mol. The van der Waals surface area contributed by atoms with Gasteiger partial charge in [-0.15, -0.1) is 11.3 Å². The van der Waals surface area contributed by atoms with Crippen LogP contribution < -0.4 is 5.32 Å². The number of hydrogen-bond acceptors (Lipinski definition) is 3. The summed E-state index contributed by atoms with van der Waals surface area (Å²) < 4.78 is 0. The highest BCUT2D eigenvalue weighted by molar-refractivity contribution is 7.11. The Kier molecular flexibility index (Phi) is 4.44. The highest BCUT2D eigenvalue weighted by atomic mass is 32.1. The fourth-order valence-corrected chi connectivity index (χ4v) is 4.76. The van der Waals surface area contributed by atoms with E-state index in [0.717, 1.165) is 18.9 Å². The van der Waals surface area contributed by atoms with Gasteiger partial charge >= 0.3 is 0 Å². The fraction of sp³-hybridized carbons (Fsp3) is 0.800. The Morgan fingerprint density at radius 1 is 1.39 bits per heavy atom. The normalized spacial score (nSPS) is 27.9. The third-order valence-electron chi connectivity index (χ3n) is 4.41. The highest BCUT2D eigenvalue weighted by Crippen LogP contribution is 2.46. The van der Waals surface area contributed by atoms with Gasteiger partial charge in [0.15, 0.2) is 0 Å². The van der Waals surface area contributed by atoms with Crippen LogP contribution >= 0.6 is 11.3 Å². The summed E-state index contributed by atoms with van der Waals surface area (Å²) in [6.07, 6.45) is 6.26. The molecule has 0 saturated heterocycles. The maximum atomic E-state index is 4.96. The Morgan fingerprint density at radius 2 is 2.17 bits per heavy atom. The molecule has 2 atom stereocenters. The molecule has 1 aliphatic carbocycles. The first-order valence-corrected chi connectivity index (χ1v) is 8.21. The van der Waals surface area contributed by atoms with Gasteiger partial charge in [-0.1, -0.05) is 33.6 Å². The molecule has 2 unspecified atom stereocenters. The zero-order chi connectivity index (χ0) is 13.2. The number of nitrogens with one attached hydrogen (secondary N) is 1. The zero-order valence-corrected chi connectivity index (χ0v) is 13.0. The number of aromatic nitrogens is 1. The van der Waals surface area contributed by atoms with Crippen LogP contribution in [0.4, 0.5) is 0 Å². The summed E-state index contributed by atoms with van der Waals surface area (Å²) in [5.41, 5.74) is 1.47. The standard InChI is InChI=1S/C15H26N2S/c1-5-12-9-8-10-15(12,16-7-3)14-17-13(6-2)11(4)18-14/h12,16H,5-10H2,1-4H3. The molecule has 18 heavy (non-hydrogen) atoms. The van der Waals surface area contributed by atoms with E-state index in [1.165, 1.54) is 41.3 Å². The first kappa shape index (κ1) is 14.0. The average Bonchev–Trinajstić information content (AvgIpc) is 2.93. The molecule has 0 aliphatic heterocycles. The molecule has 2 rings (SSSR count). The van der Waals surface area contributed by atoms with Crippen molar-refractivity contribution in [2.24, 2.45) is 5.92 Å². The third kappa shape index (κ3) is 2.23. The molecule has 1 aromatic rings. The van der Waals surface area contributed by atoms with Crippen molar-refractivity contribution in [2.75, 3.05) is 6.54 Å². The minimum absolute atomic E-state index is 0.173. The highest BCUT2D eigenvalue weighted by Gasteiger charge is 2.44. The molecule has 1 aromatic heterocycles. The lowest BCUT2D eigenvalue weighted by molar-refractivity contribution is 0.244. The molecular formula is C15H26N2S. The van der Waals surface area contributed by atoms with E-state index >= 15 is 0 Å². The summed E-state index contributed by atoms with van der Waals surface area (Å²) in [4.78, 5) is 6.36. The van der Waals surface area contributed by atoms with Crippen molar-refractivity contribution < 1.29 is 0 Å². The lowest BCUT2D eigenvalue weighted by Crippen LogP contribution is -2.45. The fourth-order valence-electron chi connectivity index (χ4n) is 3.48. The van der Waals surface area contributed by atoms with E-state index in [2.05, 4.69) is 33.0 Å². The maximum absolute atomic E-state index is 4.96. The minimum Gasteiger partial charge on any atom is -0.305 e. The van der Waals surface area contributed by atoms with E-state index in [9.17, 15) is 0 Å². The second kappa shape index (κ2) is 5.70. The van der Waals surface area contributed by atoms with E-state index in [4.69, 9.17) is 4.98 Å². The molecule has 0 bridgehead atoms. The number of hydrogen-bond donors (Lipinski definition) is 1. The predicted octanol–water partition coefficient (Wildman–Crippen LogP) is 4.03. The third-order valence-corrected chi connectivity index (χ3v) is 5.61. The van der Waals surface area contributed by atoms with Crippen LogP contribution in [0.1, 0.15) is 62.0 Å². The summed E-state index contributed by atoms with van der Waals surface area (Å²) in [5.74, 6) is 0.757. The van der Waals surface area contributed by atoms with Gasteiger partial charge in [0.2, 0.25) is 0 Å². The van der Waals surface area contributed by atoms with Crippen LogP contribution in [-0.4, -0.2) is 11.5 Å². The zero-order valence-electron chi connectivity index (χ0n) is 12.2. The largest absolute Gasteiger partial charge is 0.305 e. The van der Waals surface area contributed by atoms with Gasteiger partial charge in [-0.25, -0.2) is 4.98 Å². The molecule has 0 aromatic carbocycles. The van der Waals surface area contributed by atoms with Crippen molar-refractivity contribution in [1.82, 2.24) is 10.3 Å². The molecule has 2 nitrogen and oxygen atoms in total. The van der Waals surface area contributed by atoms with Gasteiger partial charge in [-0.05, 0) is 38.6 Å². The summed E-state index contributed by atoms with van der Waals surface area (Å²) in [7, 11) is 0. The van der Waals surface area contributed by atoms with E-state index < -0.39 is 0 Å². The average molecular weight is 266 g/mol. The van der Waals surface area contributed by atoms with Crippen molar-refractivity contribution >= 4 is 11.3 Å². The molecular weight excluding hydrogens is 240 g/mol. The smallest absolute Gasteiger partial charge is 0.114 e. The Labute approximate surface area is 115 Å². The SMILES string of the molecule is CCNC1(c2nc(CC)c(C)s2)CCCC1CC. The summed E-state index contributed by atoms with van der Waals surface area (Å²) in [5, 5.41) is 5.14. The minimum atomic E-state index is 0.173. The van der Waals surface area contributed by atoms with Crippen LogP contribution in [0.5, 0.6) is 0 Å². The van der Waals surface area contributed by atoms with Crippen LogP contribution in [0.25, 0.3) is 0 Å². The number of rotatable bonds is 5. The molecule has 1 heterocycles. The second-order valence-corrected chi connectivity index (χ2v) is 6.58. The van der Waals surface area contributed by atoms with Crippen LogP contribution in [-0.2, 0) is 12.0 Å². The molecule has 1 N–H and O–H groups in total. The number of thiazole rings is 1. The van der Waals surface area contributed by atoms with Gasteiger partial charge in [-0.2, -0.15) is 0 Å². The lowest BCUT2D eigenvalue weighted by atomic mass is 9.85. The van der Waals surface area contributed by atoms with Gasteiger partial charge in [-0.3, -0.25) is 0 Å². The molecule has 1 fully saturated rings. The van der Waals surface area contributed by atoms with E-state index in [0.29, 0.717) is 0 Å². The Bertz CT molecular complexity index is 399. The van der Waals surface area contributed by atoms with Crippen molar-refractivity contribution in [1.29, 1.82) is 0 Å². The molecule has 0 radical (unpaired) electrons. The van der Waals surface area contributed by atoms with Crippen molar-refractivity contribution in [3.8, 4) is 0 Å². The Morgan fingerprint density at radius 3 is 2.72 bits per heavy atom. The molecule has 0 amide bonds. The van der Waals surface area contributed by atoms with Crippen LogP contribution in [0.2, 0.25) is 0 Å². The van der Waals surface area contributed by atoms with Crippen LogP contribution in [0.3, 0.4) is 0 Å². The topological polar surface area (TPSA) is 24.9 Å².